The van der Waals surface area contributed by atoms with Crippen molar-refractivity contribution in [1.82, 2.24) is 4.98 Å². The number of fused-ring (bicyclic) bond motifs is 1. The summed E-state index contributed by atoms with van der Waals surface area (Å²) in [7, 11) is 0. The Kier molecular flexibility index (Phi) is 7.00. The van der Waals surface area contributed by atoms with Gasteiger partial charge in [-0.1, -0.05) is 60.1 Å². The summed E-state index contributed by atoms with van der Waals surface area (Å²) in [5.74, 6) is -0.691. The van der Waals surface area contributed by atoms with Crippen molar-refractivity contribution in [3.8, 4) is 0 Å². The molecule has 0 aliphatic heterocycles. The molecule has 1 unspecified atom stereocenters. The first-order chi connectivity index (χ1) is 14.5. The van der Waals surface area contributed by atoms with Crippen LogP contribution in [0.4, 0.5) is 5.69 Å². The highest BCUT2D eigenvalue weighted by molar-refractivity contribution is 6.31. The van der Waals surface area contributed by atoms with Gasteiger partial charge in [0.1, 0.15) is 6.04 Å². The van der Waals surface area contributed by atoms with Crippen LogP contribution < -0.4 is 11.1 Å². The summed E-state index contributed by atoms with van der Waals surface area (Å²) in [4.78, 5) is 28.5. The molecule has 0 saturated heterocycles. The molecule has 0 fully saturated rings. The fourth-order valence-corrected chi connectivity index (χ4v) is 3.68. The quantitative estimate of drug-likeness (QED) is 0.344. The van der Waals surface area contributed by atoms with Gasteiger partial charge in [0.05, 0.1) is 0 Å². The molecule has 31 heavy (non-hydrogen) atoms. The summed E-state index contributed by atoms with van der Waals surface area (Å²) in [5.41, 5.74) is 9.08. The van der Waals surface area contributed by atoms with Crippen molar-refractivity contribution in [2.24, 2.45) is 5.73 Å². The van der Waals surface area contributed by atoms with Gasteiger partial charge in [0.2, 0.25) is 5.91 Å². The number of H-pyrrole nitrogens is 1. The number of hydrogen-bond acceptors (Lipinski definition) is 3. The number of carbonyl (C=O) groups excluding carboxylic acids is 2. The lowest BCUT2D eigenvalue weighted by molar-refractivity contribution is -0.118. The van der Waals surface area contributed by atoms with E-state index in [1.54, 1.807) is 42.5 Å². The average Bonchev–Trinajstić information content (AvgIpc) is 3.17. The number of anilines is 1. The first-order valence-electron chi connectivity index (χ1n) is 9.53. The Bertz CT molecular complexity index is 1220. The second kappa shape index (κ2) is 9.69. The molecule has 5 nitrogen and oxygen atoms in total. The standard InChI is InChI=1S/C24H20ClN3O2.ClH/c25-17-10-11-21(19(13-17)23(29)15-6-2-1-3-7-15)28-22(24(26)30)12-16-14-27-20-9-5-4-8-18(16)20;/h1-11,13-14,22,27-28H,12H2,(H2,26,30);1H. The Morgan fingerprint density at radius 1 is 1.00 bits per heavy atom. The van der Waals surface area contributed by atoms with Gasteiger partial charge in [-0.15, -0.1) is 12.4 Å². The molecule has 0 radical (unpaired) electrons. The molecule has 4 N–H and O–H groups in total. The van der Waals surface area contributed by atoms with Crippen molar-refractivity contribution in [3.05, 3.63) is 101 Å². The van der Waals surface area contributed by atoms with Crippen molar-refractivity contribution >= 4 is 52.3 Å². The number of nitrogens with two attached hydrogens (primary N) is 1. The van der Waals surface area contributed by atoms with Crippen molar-refractivity contribution < 1.29 is 9.59 Å². The molecule has 1 amide bonds. The lowest BCUT2D eigenvalue weighted by Gasteiger charge is -2.19. The van der Waals surface area contributed by atoms with Crippen LogP contribution in [0.1, 0.15) is 21.5 Å². The summed E-state index contributed by atoms with van der Waals surface area (Å²) in [6, 6.07) is 21.1. The van der Waals surface area contributed by atoms with E-state index in [0.29, 0.717) is 28.3 Å². The van der Waals surface area contributed by atoms with Crippen molar-refractivity contribution in [2.45, 2.75) is 12.5 Å². The van der Waals surface area contributed by atoms with Crippen LogP contribution in [0.3, 0.4) is 0 Å². The fourth-order valence-electron chi connectivity index (χ4n) is 3.51. The number of carbonyl (C=O) groups is 2. The molecule has 0 aliphatic rings. The number of nitrogens with one attached hydrogen (secondary N) is 2. The normalized spacial score (nSPS) is 11.5. The maximum absolute atomic E-state index is 13.0. The van der Waals surface area contributed by atoms with E-state index in [9.17, 15) is 9.59 Å². The second-order valence-electron chi connectivity index (χ2n) is 7.05. The number of hydrogen-bond donors (Lipinski definition) is 3. The Morgan fingerprint density at radius 3 is 2.45 bits per heavy atom. The third-order valence-corrected chi connectivity index (χ3v) is 5.27. The fraction of sp³-hybridized carbons (Fsp3) is 0.0833. The van der Waals surface area contributed by atoms with Gasteiger partial charge in [-0.2, -0.15) is 0 Å². The van der Waals surface area contributed by atoms with Gasteiger partial charge in [-0.05, 0) is 29.8 Å². The number of halogens is 2. The minimum atomic E-state index is -0.701. The van der Waals surface area contributed by atoms with E-state index in [4.69, 9.17) is 17.3 Å². The van der Waals surface area contributed by atoms with Crippen LogP contribution >= 0.6 is 24.0 Å². The molecule has 7 heteroatoms. The molecule has 158 valence electrons. The lowest BCUT2D eigenvalue weighted by Crippen LogP contribution is -2.37. The maximum Gasteiger partial charge on any atom is 0.240 e. The minimum absolute atomic E-state index is 0. The summed E-state index contributed by atoms with van der Waals surface area (Å²) in [6.07, 6.45) is 2.25. The summed E-state index contributed by atoms with van der Waals surface area (Å²) in [6.45, 7) is 0. The predicted octanol–water partition coefficient (Wildman–Crippen LogP) is 4.98. The van der Waals surface area contributed by atoms with E-state index in [2.05, 4.69) is 10.3 Å². The average molecular weight is 454 g/mol. The van der Waals surface area contributed by atoms with Gasteiger partial charge in [0.25, 0.3) is 0 Å². The largest absolute Gasteiger partial charge is 0.373 e. The van der Waals surface area contributed by atoms with Gasteiger partial charge in [0.15, 0.2) is 5.78 Å². The predicted molar refractivity (Wildman–Crippen MR) is 127 cm³/mol. The number of para-hydroxylation sites is 1. The number of aromatic nitrogens is 1. The zero-order chi connectivity index (χ0) is 21.1. The molecule has 4 aromatic rings. The second-order valence-corrected chi connectivity index (χ2v) is 7.48. The van der Waals surface area contributed by atoms with Crippen LogP contribution in [0.25, 0.3) is 10.9 Å². The van der Waals surface area contributed by atoms with E-state index >= 15 is 0 Å². The van der Waals surface area contributed by atoms with Crippen LogP contribution in [-0.2, 0) is 11.2 Å². The zero-order valence-corrected chi connectivity index (χ0v) is 18.0. The Balaban J connectivity index is 0.00000272. The monoisotopic (exact) mass is 453 g/mol. The van der Waals surface area contributed by atoms with E-state index in [0.717, 1.165) is 16.5 Å². The molecule has 3 aromatic carbocycles. The van der Waals surface area contributed by atoms with Crippen LogP contribution in [0, 0.1) is 0 Å². The van der Waals surface area contributed by atoms with Crippen LogP contribution in [0.15, 0.2) is 79.0 Å². The Labute approximate surface area is 191 Å². The minimum Gasteiger partial charge on any atom is -0.373 e. The van der Waals surface area contributed by atoms with Crippen LogP contribution in [0.5, 0.6) is 0 Å². The molecular formula is C24H21Cl2N3O2. The number of primary amides is 1. The van der Waals surface area contributed by atoms with Crippen molar-refractivity contribution in [3.63, 3.8) is 0 Å². The SMILES string of the molecule is Cl.NC(=O)C(Cc1c[nH]c2ccccc12)Nc1ccc(Cl)cc1C(=O)c1ccccc1. The highest BCUT2D eigenvalue weighted by Crippen LogP contribution is 2.26. The number of ketones is 1. The van der Waals surface area contributed by atoms with Gasteiger partial charge in [-0.3, -0.25) is 9.59 Å². The van der Waals surface area contributed by atoms with E-state index in [-0.39, 0.29) is 18.2 Å². The maximum atomic E-state index is 13.0. The first-order valence-corrected chi connectivity index (χ1v) is 9.91. The van der Waals surface area contributed by atoms with Crippen molar-refractivity contribution in [1.29, 1.82) is 0 Å². The van der Waals surface area contributed by atoms with Gasteiger partial charge in [0, 0.05) is 45.4 Å². The molecule has 0 spiro atoms. The Hall–Kier alpha value is -3.28. The molecule has 0 saturated carbocycles. The highest BCUT2D eigenvalue weighted by atomic mass is 35.5. The molecule has 0 aliphatic carbocycles. The molecule has 4 rings (SSSR count). The lowest BCUT2D eigenvalue weighted by atomic mass is 10.00. The van der Waals surface area contributed by atoms with Gasteiger partial charge >= 0.3 is 0 Å². The number of rotatable bonds is 7. The Morgan fingerprint density at radius 2 is 1.71 bits per heavy atom. The molecule has 0 bridgehead atoms. The van der Waals surface area contributed by atoms with Crippen LogP contribution in [0.2, 0.25) is 5.02 Å². The van der Waals surface area contributed by atoms with E-state index in [1.807, 2.05) is 36.5 Å². The third kappa shape index (κ3) is 4.90. The smallest absolute Gasteiger partial charge is 0.240 e. The summed E-state index contributed by atoms with van der Waals surface area (Å²) in [5, 5.41) is 4.63. The molecule has 1 aromatic heterocycles. The number of aromatic amines is 1. The zero-order valence-electron chi connectivity index (χ0n) is 16.5. The number of benzene rings is 3. The van der Waals surface area contributed by atoms with Gasteiger partial charge < -0.3 is 16.0 Å². The summed E-state index contributed by atoms with van der Waals surface area (Å²) >= 11 is 6.15. The first kappa shape index (κ1) is 22.4. The third-order valence-electron chi connectivity index (χ3n) is 5.03. The molecule has 1 heterocycles. The molecular weight excluding hydrogens is 433 g/mol. The highest BCUT2D eigenvalue weighted by Gasteiger charge is 2.21. The van der Waals surface area contributed by atoms with Crippen molar-refractivity contribution in [2.75, 3.05) is 5.32 Å². The topological polar surface area (TPSA) is 88.0 Å². The molecule has 1 atom stereocenters. The van der Waals surface area contributed by atoms with E-state index in [1.165, 1.54) is 0 Å². The number of amides is 1. The summed E-state index contributed by atoms with van der Waals surface area (Å²) < 4.78 is 0. The van der Waals surface area contributed by atoms with Crippen LogP contribution in [-0.4, -0.2) is 22.7 Å². The van der Waals surface area contributed by atoms with Gasteiger partial charge in [-0.25, -0.2) is 0 Å². The van der Waals surface area contributed by atoms with E-state index < -0.39 is 11.9 Å².